The van der Waals surface area contributed by atoms with Crippen molar-refractivity contribution in [1.29, 1.82) is 0 Å². The molecular formula is C17H15N3O2S. The molecule has 0 bridgehead atoms. The van der Waals surface area contributed by atoms with Gasteiger partial charge in [-0.15, -0.1) is 0 Å². The second-order valence-electron chi connectivity index (χ2n) is 4.72. The molecule has 0 aliphatic carbocycles. The maximum Gasteiger partial charge on any atom is 0.188 e. The van der Waals surface area contributed by atoms with E-state index in [2.05, 4.69) is 22.0 Å². The van der Waals surface area contributed by atoms with Gasteiger partial charge in [-0.2, -0.15) is 0 Å². The van der Waals surface area contributed by atoms with Crippen LogP contribution >= 0.6 is 11.3 Å². The maximum atomic E-state index is 9.93. The Balaban J connectivity index is 1.91. The summed E-state index contributed by atoms with van der Waals surface area (Å²) >= 11 is 1.58. The Bertz CT molecular complexity index is 853. The lowest BCUT2D eigenvalue weighted by Crippen LogP contribution is -1.95. The normalized spacial score (nSPS) is 11.4. The van der Waals surface area contributed by atoms with Crippen LogP contribution in [-0.2, 0) is 0 Å². The summed E-state index contributed by atoms with van der Waals surface area (Å²) in [5.41, 5.74) is 2.33. The quantitative estimate of drug-likeness (QED) is 0.531. The zero-order chi connectivity index (χ0) is 16.2. The van der Waals surface area contributed by atoms with Crippen LogP contribution in [0.15, 0.2) is 53.7 Å². The third-order valence-corrected chi connectivity index (χ3v) is 4.19. The summed E-state index contributed by atoms with van der Waals surface area (Å²) in [5, 5.41) is 14.0. The van der Waals surface area contributed by atoms with E-state index in [9.17, 15) is 5.11 Å². The first kappa shape index (κ1) is 15.1. The number of fused-ring (bicyclic) bond motifs is 1. The monoisotopic (exact) mass is 325 g/mol. The molecule has 2 aromatic carbocycles. The Kier molecular flexibility index (Phi) is 4.25. The molecule has 5 nitrogen and oxygen atoms in total. The Morgan fingerprint density at radius 1 is 1.35 bits per heavy atom. The molecule has 0 fully saturated rings. The average molecular weight is 325 g/mol. The topological polar surface area (TPSA) is 66.7 Å². The van der Waals surface area contributed by atoms with Gasteiger partial charge < -0.3 is 15.2 Å². The Labute approximate surface area is 137 Å². The lowest BCUT2D eigenvalue weighted by atomic mass is 10.1. The third-order valence-electron chi connectivity index (χ3n) is 3.24. The van der Waals surface area contributed by atoms with E-state index in [1.807, 2.05) is 30.3 Å². The van der Waals surface area contributed by atoms with Gasteiger partial charge in [-0.1, -0.05) is 23.5 Å². The number of hydrogen-bond donors (Lipinski definition) is 2. The number of aliphatic hydroxyl groups is 1. The highest BCUT2D eigenvalue weighted by molar-refractivity contribution is 7.22. The van der Waals surface area contributed by atoms with Gasteiger partial charge in [0.25, 0.3) is 0 Å². The predicted molar refractivity (Wildman–Crippen MR) is 96.1 cm³/mol. The van der Waals surface area contributed by atoms with Crippen molar-refractivity contribution in [3.63, 3.8) is 0 Å². The van der Waals surface area contributed by atoms with Crippen molar-refractivity contribution < 1.29 is 9.84 Å². The minimum absolute atomic E-state index is 0.00314. The number of benzene rings is 2. The third kappa shape index (κ3) is 3.17. The SMILES string of the molecule is C=N/C=C(\O)c1ccc(Nc2nc3ccccc3s2)cc1OC. The highest BCUT2D eigenvalue weighted by Crippen LogP contribution is 2.32. The van der Waals surface area contributed by atoms with Crippen molar-refractivity contribution in [2.75, 3.05) is 12.4 Å². The number of methoxy groups -OCH3 is 1. The molecule has 0 radical (unpaired) electrons. The molecular weight excluding hydrogens is 310 g/mol. The van der Waals surface area contributed by atoms with E-state index in [1.165, 1.54) is 6.20 Å². The Morgan fingerprint density at radius 2 is 2.17 bits per heavy atom. The van der Waals surface area contributed by atoms with Crippen molar-refractivity contribution in [3.8, 4) is 5.75 Å². The van der Waals surface area contributed by atoms with Gasteiger partial charge >= 0.3 is 0 Å². The predicted octanol–water partition coefficient (Wildman–Crippen LogP) is 4.61. The van der Waals surface area contributed by atoms with Crippen molar-refractivity contribution in [1.82, 2.24) is 4.98 Å². The van der Waals surface area contributed by atoms with Gasteiger partial charge in [0.1, 0.15) is 11.5 Å². The highest BCUT2D eigenvalue weighted by Gasteiger charge is 2.10. The molecule has 0 aliphatic heterocycles. The first-order valence-electron chi connectivity index (χ1n) is 6.87. The smallest absolute Gasteiger partial charge is 0.188 e. The maximum absolute atomic E-state index is 9.93. The van der Waals surface area contributed by atoms with Crippen LogP contribution in [0.2, 0.25) is 0 Å². The first-order chi connectivity index (χ1) is 11.2. The minimum atomic E-state index is 0.00314. The first-order valence-corrected chi connectivity index (χ1v) is 7.69. The van der Waals surface area contributed by atoms with Crippen molar-refractivity contribution >= 4 is 44.8 Å². The Morgan fingerprint density at radius 3 is 2.91 bits per heavy atom. The molecule has 3 rings (SSSR count). The zero-order valence-electron chi connectivity index (χ0n) is 12.5. The van der Waals surface area contributed by atoms with Gasteiger partial charge in [-0.3, -0.25) is 4.99 Å². The number of nitrogens with one attached hydrogen (secondary N) is 1. The lowest BCUT2D eigenvalue weighted by Gasteiger charge is -2.10. The molecule has 0 unspecified atom stereocenters. The molecule has 6 heteroatoms. The van der Waals surface area contributed by atoms with Crippen molar-refractivity contribution in [2.45, 2.75) is 0 Å². The van der Waals surface area contributed by atoms with Gasteiger partial charge in [0.2, 0.25) is 0 Å². The summed E-state index contributed by atoms with van der Waals surface area (Å²) in [5.74, 6) is 0.539. The van der Waals surface area contributed by atoms with Crippen LogP contribution in [0, 0.1) is 0 Å². The average Bonchev–Trinajstić information content (AvgIpc) is 2.97. The van der Waals surface area contributed by atoms with E-state index in [0.29, 0.717) is 11.3 Å². The number of nitrogens with zero attached hydrogens (tertiary/aromatic N) is 2. The molecule has 23 heavy (non-hydrogen) atoms. The zero-order valence-corrected chi connectivity index (χ0v) is 13.3. The summed E-state index contributed by atoms with van der Waals surface area (Å²) in [4.78, 5) is 8.09. The standard InChI is InChI=1S/C17H15N3O2S/c1-18-10-14(21)12-8-7-11(9-15(12)22-2)19-17-20-13-5-3-4-6-16(13)23-17/h3-10,21H,1H2,2H3,(H,19,20)/b14-10-. The second-order valence-corrected chi connectivity index (χ2v) is 5.75. The fraction of sp³-hybridized carbons (Fsp3) is 0.0588. The van der Waals surface area contributed by atoms with E-state index >= 15 is 0 Å². The molecule has 0 saturated heterocycles. The van der Waals surface area contributed by atoms with E-state index in [0.717, 1.165) is 21.0 Å². The fourth-order valence-corrected chi connectivity index (χ4v) is 3.07. The number of anilines is 2. The van der Waals surface area contributed by atoms with Crippen molar-refractivity contribution in [2.24, 2.45) is 4.99 Å². The summed E-state index contributed by atoms with van der Waals surface area (Å²) in [7, 11) is 1.55. The number of aliphatic imine (C=N–C) groups is 1. The number of ether oxygens (including phenoxy) is 1. The van der Waals surface area contributed by atoms with E-state index in [4.69, 9.17) is 4.74 Å². The van der Waals surface area contributed by atoms with Gasteiger partial charge in [0, 0.05) is 11.8 Å². The number of hydrogen-bond acceptors (Lipinski definition) is 6. The summed E-state index contributed by atoms with van der Waals surface area (Å²) in [6.07, 6.45) is 1.28. The molecule has 1 heterocycles. The summed E-state index contributed by atoms with van der Waals surface area (Å²) in [6, 6.07) is 13.4. The molecule has 0 amide bonds. The molecule has 2 N–H and O–H groups in total. The van der Waals surface area contributed by atoms with Crippen LogP contribution in [0.5, 0.6) is 5.75 Å². The van der Waals surface area contributed by atoms with Gasteiger partial charge in [-0.05, 0) is 31.0 Å². The summed E-state index contributed by atoms with van der Waals surface area (Å²) < 4.78 is 6.45. The number of para-hydroxylation sites is 1. The van der Waals surface area contributed by atoms with Crippen LogP contribution in [0.4, 0.5) is 10.8 Å². The van der Waals surface area contributed by atoms with Crippen LogP contribution in [0.1, 0.15) is 5.56 Å². The van der Waals surface area contributed by atoms with E-state index in [1.54, 1.807) is 30.6 Å². The summed E-state index contributed by atoms with van der Waals surface area (Å²) in [6.45, 7) is 3.33. The largest absolute Gasteiger partial charge is 0.506 e. The van der Waals surface area contributed by atoms with Crippen LogP contribution < -0.4 is 10.1 Å². The second kappa shape index (κ2) is 6.50. The highest BCUT2D eigenvalue weighted by atomic mass is 32.1. The van der Waals surface area contributed by atoms with Crippen LogP contribution in [0.3, 0.4) is 0 Å². The number of aromatic nitrogens is 1. The lowest BCUT2D eigenvalue weighted by molar-refractivity contribution is 0.408. The van der Waals surface area contributed by atoms with Crippen LogP contribution in [0.25, 0.3) is 16.0 Å². The van der Waals surface area contributed by atoms with Crippen LogP contribution in [-0.4, -0.2) is 23.9 Å². The number of thiazole rings is 1. The van der Waals surface area contributed by atoms with Crippen molar-refractivity contribution in [3.05, 3.63) is 54.2 Å². The van der Waals surface area contributed by atoms with Gasteiger partial charge in [-0.25, -0.2) is 4.98 Å². The van der Waals surface area contributed by atoms with E-state index < -0.39 is 0 Å². The number of rotatable bonds is 5. The Hall–Kier alpha value is -2.86. The van der Waals surface area contributed by atoms with Gasteiger partial charge in [0.15, 0.2) is 5.13 Å². The number of aliphatic hydroxyl groups excluding tert-OH is 1. The molecule has 0 spiro atoms. The molecule has 3 aromatic rings. The molecule has 1 aromatic heterocycles. The molecule has 0 aliphatic rings. The van der Waals surface area contributed by atoms with E-state index in [-0.39, 0.29) is 5.76 Å². The molecule has 0 atom stereocenters. The minimum Gasteiger partial charge on any atom is -0.506 e. The van der Waals surface area contributed by atoms with Gasteiger partial charge in [0.05, 0.1) is 29.1 Å². The fourth-order valence-electron chi connectivity index (χ4n) is 2.19. The molecule has 116 valence electrons. The molecule has 0 saturated carbocycles.